The van der Waals surface area contributed by atoms with Gasteiger partial charge < -0.3 is 14.7 Å². The molecule has 0 spiro atoms. The van der Waals surface area contributed by atoms with Crippen molar-refractivity contribution in [3.63, 3.8) is 0 Å². The summed E-state index contributed by atoms with van der Waals surface area (Å²) in [4.78, 5) is 14.9. The van der Waals surface area contributed by atoms with E-state index in [4.69, 9.17) is 4.52 Å². The number of benzene rings is 1. The van der Waals surface area contributed by atoms with Crippen LogP contribution in [0.3, 0.4) is 0 Å². The van der Waals surface area contributed by atoms with Crippen LogP contribution in [0.4, 0.5) is 11.6 Å². The fourth-order valence-electron chi connectivity index (χ4n) is 2.13. The van der Waals surface area contributed by atoms with Crippen LogP contribution in [0.25, 0.3) is 11.5 Å². The van der Waals surface area contributed by atoms with Crippen molar-refractivity contribution in [2.75, 3.05) is 30.9 Å². The summed E-state index contributed by atoms with van der Waals surface area (Å²) in [5, 5.41) is 7.26. The van der Waals surface area contributed by atoms with Gasteiger partial charge in [-0.15, -0.1) is 0 Å². The van der Waals surface area contributed by atoms with Crippen LogP contribution in [0.2, 0.25) is 0 Å². The summed E-state index contributed by atoms with van der Waals surface area (Å²) in [5.41, 5.74) is 0.919. The van der Waals surface area contributed by atoms with Gasteiger partial charge in [0.25, 0.3) is 5.89 Å². The molecular formula is C16H18N6O. The molecule has 7 heteroatoms. The number of rotatable bonds is 6. The first-order chi connectivity index (χ1) is 11.2. The third kappa shape index (κ3) is 3.63. The summed E-state index contributed by atoms with van der Waals surface area (Å²) in [6.07, 6.45) is 3.98. The molecule has 0 aliphatic rings. The Balaban J connectivity index is 1.61. The third-order valence-corrected chi connectivity index (χ3v) is 3.23. The van der Waals surface area contributed by atoms with E-state index in [1.54, 1.807) is 12.4 Å². The third-order valence-electron chi connectivity index (χ3n) is 3.23. The minimum atomic E-state index is 0.536. The maximum atomic E-state index is 5.29. The van der Waals surface area contributed by atoms with E-state index in [0.717, 1.165) is 17.2 Å². The molecule has 3 rings (SSSR count). The van der Waals surface area contributed by atoms with Gasteiger partial charge in [0.2, 0.25) is 0 Å². The van der Waals surface area contributed by atoms with Crippen LogP contribution < -0.4 is 10.2 Å². The van der Waals surface area contributed by atoms with E-state index in [1.165, 1.54) is 0 Å². The number of anilines is 2. The largest absolute Gasteiger partial charge is 0.367 e. The minimum absolute atomic E-state index is 0.536. The molecule has 0 fully saturated rings. The van der Waals surface area contributed by atoms with Crippen LogP contribution in [-0.4, -0.2) is 40.7 Å². The first-order valence-corrected chi connectivity index (χ1v) is 7.34. The predicted octanol–water partition coefficient (Wildman–Crippen LogP) is 2.25. The Labute approximate surface area is 134 Å². The van der Waals surface area contributed by atoms with E-state index in [0.29, 0.717) is 24.7 Å². The van der Waals surface area contributed by atoms with Crippen molar-refractivity contribution in [1.29, 1.82) is 0 Å². The highest BCUT2D eigenvalue weighted by Crippen LogP contribution is 2.18. The van der Waals surface area contributed by atoms with Crippen molar-refractivity contribution in [3.8, 4) is 11.5 Å². The maximum absolute atomic E-state index is 5.29. The van der Waals surface area contributed by atoms with Gasteiger partial charge in [-0.3, -0.25) is 0 Å². The topological polar surface area (TPSA) is 80.0 Å². The van der Waals surface area contributed by atoms with E-state index >= 15 is 0 Å². The van der Waals surface area contributed by atoms with Crippen molar-refractivity contribution < 1.29 is 4.52 Å². The second-order valence-corrected chi connectivity index (χ2v) is 5.18. The summed E-state index contributed by atoms with van der Waals surface area (Å²) in [6, 6.07) is 9.72. The van der Waals surface area contributed by atoms with E-state index in [-0.39, 0.29) is 0 Å². The van der Waals surface area contributed by atoms with E-state index < -0.39 is 0 Å². The van der Waals surface area contributed by atoms with E-state index in [9.17, 15) is 0 Å². The zero-order chi connectivity index (χ0) is 16.1. The number of nitrogens with one attached hydrogen (secondary N) is 1. The molecule has 2 heterocycles. The second-order valence-electron chi connectivity index (χ2n) is 5.18. The van der Waals surface area contributed by atoms with Crippen LogP contribution in [0, 0.1) is 0 Å². The second kappa shape index (κ2) is 6.87. The Bertz CT molecular complexity index is 756. The van der Waals surface area contributed by atoms with Crippen LogP contribution >= 0.6 is 0 Å². The number of aromatic nitrogens is 4. The number of hydrogen-bond acceptors (Lipinski definition) is 7. The summed E-state index contributed by atoms with van der Waals surface area (Å²) < 4.78 is 5.29. The molecule has 3 aromatic rings. The Morgan fingerprint density at radius 2 is 1.87 bits per heavy atom. The molecule has 0 saturated heterocycles. The molecule has 7 nitrogen and oxygen atoms in total. The van der Waals surface area contributed by atoms with Gasteiger partial charge in [-0.2, -0.15) is 4.98 Å². The van der Waals surface area contributed by atoms with Crippen LogP contribution in [0.5, 0.6) is 0 Å². The van der Waals surface area contributed by atoms with E-state index in [2.05, 4.69) is 25.4 Å². The highest BCUT2D eigenvalue weighted by Gasteiger charge is 2.10. The number of nitrogens with zero attached hydrogens (tertiary/aromatic N) is 5. The molecule has 118 valence electrons. The van der Waals surface area contributed by atoms with Crippen LogP contribution in [-0.2, 0) is 6.42 Å². The smallest absolute Gasteiger partial charge is 0.257 e. The lowest BCUT2D eigenvalue weighted by Crippen LogP contribution is -2.16. The van der Waals surface area contributed by atoms with Crippen LogP contribution in [0.1, 0.15) is 5.82 Å². The summed E-state index contributed by atoms with van der Waals surface area (Å²) >= 11 is 0. The summed E-state index contributed by atoms with van der Waals surface area (Å²) in [6.45, 7) is 0.646. The molecule has 0 saturated carbocycles. The molecule has 0 atom stereocenters. The highest BCUT2D eigenvalue weighted by atomic mass is 16.5. The minimum Gasteiger partial charge on any atom is -0.367 e. The molecule has 0 amide bonds. The lowest BCUT2D eigenvalue weighted by molar-refractivity contribution is 0.423. The molecule has 0 radical (unpaired) electrons. The van der Waals surface area contributed by atoms with Gasteiger partial charge in [-0.1, -0.05) is 23.4 Å². The Morgan fingerprint density at radius 3 is 2.65 bits per heavy atom. The Morgan fingerprint density at radius 1 is 1.09 bits per heavy atom. The van der Waals surface area contributed by atoms with Gasteiger partial charge in [-0.05, 0) is 12.1 Å². The lowest BCUT2D eigenvalue weighted by atomic mass is 10.2. The Hall–Kier alpha value is -2.96. The van der Waals surface area contributed by atoms with Crippen molar-refractivity contribution in [3.05, 3.63) is 48.5 Å². The van der Waals surface area contributed by atoms with Crippen molar-refractivity contribution in [2.24, 2.45) is 0 Å². The van der Waals surface area contributed by atoms with Gasteiger partial charge in [0.1, 0.15) is 0 Å². The van der Waals surface area contributed by atoms with Gasteiger partial charge in [0.05, 0.1) is 0 Å². The lowest BCUT2D eigenvalue weighted by Gasteiger charge is -2.15. The molecule has 1 aromatic carbocycles. The highest BCUT2D eigenvalue weighted by molar-refractivity contribution is 5.59. The van der Waals surface area contributed by atoms with Crippen molar-refractivity contribution in [2.45, 2.75) is 6.42 Å². The molecule has 0 aliphatic heterocycles. The standard InChI is InChI=1S/C16H18N6O/c1-22(2)15-14(18-10-11-19-15)17-9-8-13-20-16(23-21-13)12-6-4-3-5-7-12/h3-7,10-11H,8-9H2,1-2H3,(H,17,18). The van der Waals surface area contributed by atoms with Gasteiger partial charge in [0.15, 0.2) is 17.5 Å². The summed E-state index contributed by atoms with van der Waals surface area (Å²) in [5.74, 6) is 2.73. The normalized spacial score (nSPS) is 10.5. The fraction of sp³-hybridized carbons (Fsp3) is 0.250. The number of hydrogen-bond donors (Lipinski definition) is 1. The van der Waals surface area contributed by atoms with Gasteiger partial charge in [0, 0.05) is 45.0 Å². The average Bonchev–Trinajstić information content (AvgIpc) is 3.05. The summed E-state index contributed by atoms with van der Waals surface area (Å²) in [7, 11) is 3.86. The quantitative estimate of drug-likeness (QED) is 0.748. The van der Waals surface area contributed by atoms with Gasteiger partial charge >= 0.3 is 0 Å². The molecule has 1 N–H and O–H groups in total. The molecule has 0 unspecified atom stereocenters. The molecule has 0 aliphatic carbocycles. The Kier molecular flexibility index (Phi) is 4.46. The molecular weight excluding hydrogens is 292 g/mol. The zero-order valence-corrected chi connectivity index (χ0v) is 13.1. The molecule has 2 aromatic heterocycles. The van der Waals surface area contributed by atoms with Crippen molar-refractivity contribution in [1.82, 2.24) is 20.1 Å². The first kappa shape index (κ1) is 15.0. The average molecular weight is 310 g/mol. The first-order valence-electron chi connectivity index (χ1n) is 7.34. The molecule has 23 heavy (non-hydrogen) atoms. The fourth-order valence-corrected chi connectivity index (χ4v) is 2.13. The predicted molar refractivity (Wildman–Crippen MR) is 88.3 cm³/mol. The van der Waals surface area contributed by atoms with E-state index in [1.807, 2.05) is 49.3 Å². The molecule has 0 bridgehead atoms. The van der Waals surface area contributed by atoms with Crippen LogP contribution in [0.15, 0.2) is 47.2 Å². The SMILES string of the molecule is CN(C)c1nccnc1NCCc1noc(-c2ccccc2)n1. The maximum Gasteiger partial charge on any atom is 0.257 e. The van der Waals surface area contributed by atoms with Crippen molar-refractivity contribution >= 4 is 11.6 Å². The monoisotopic (exact) mass is 310 g/mol. The van der Waals surface area contributed by atoms with Gasteiger partial charge in [-0.25, -0.2) is 9.97 Å². The zero-order valence-electron chi connectivity index (χ0n) is 13.1.